The lowest BCUT2D eigenvalue weighted by Gasteiger charge is -2.38. The van der Waals surface area contributed by atoms with Gasteiger partial charge < -0.3 is 15.2 Å². The van der Waals surface area contributed by atoms with Crippen molar-refractivity contribution < 1.29 is 14.6 Å². The monoisotopic (exact) mass is 379 g/mol. The molecule has 28 heavy (non-hydrogen) atoms. The molecule has 2 unspecified atom stereocenters. The molecule has 2 aliphatic rings. The van der Waals surface area contributed by atoms with Crippen LogP contribution in [-0.4, -0.2) is 30.0 Å². The molecule has 0 aromatic heterocycles. The fourth-order valence-electron chi connectivity index (χ4n) is 5.26. The highest BCUT2D eigenvalue weighted by molar-refractivity contribution is 5.79. The molecule has 2 atom stereocenters. The van der Waals surface area contributed by atoms with Crippen LogP contribution in [0.3, 0.4) is 0 Å². The third-order valence-corrected chi connectivity index (χ3v) is 6.17. The first kappa shape index (κ1) is 19.0. The van der Waals surface area contributed by atoms with E-state index < -0.39 is 11.7 Å². The van der Waals surface area contributed by atoms with Crippen molar-refractivity contribution in [2.24, 2.45) is 11.8 Å². The van der Waals surface area contributed by atoms with E-state index in [0.717, 1.165) is 19.3 Å². The van der Waals surface area contributed by atoms with Gasteiger partial charge in [0.15, 0.2) is 0 Å². The summed E-state index contributed by atoms with van der Waals surface area (Å²) in [5, 5.41) is 13.6. The Balaban J connectivity index is 1.38. The third kappa shape index (κ3) is 3.79. The van der Waals surface area contributed by atoms with Crippen molar-refractivity contribution in [2.45, 2.75) is 44.6 Å². The molecule has 0 radical (unpaired) electrons. The highest BCUT2D eigenvalue weighted by Gasteiger charge is 2.36. The topological polar surface area (TPSA) is 58.6 Å². The van der Waals surface area contributed by atoms with Crippen LogP contribution in [0.25, 0.3) is 11.1 Å². The van der Waals surface area contributed by atoms with E-state index in [4.69, 9.17) is 4.74 Å². The third-order valence-electron chi connectivity index (χ3n) is 6.17. The largest absolute Gasteiger partial charge is 0.449 e. The van der Waals surface area contributed by atoms with Crippen LogP contribution in [-0.2, 0) is 4.74 Å². The zero-order valence-electron chi connectivity index (χ0n) is 16.7. The van der Waals surface area contributed by atoms with E-state index in [0.29, 0.717) is 18.4 Å². The van der Waals surface area contributed by atoms with Crippen molar-refractivity contribution in [3.05, 3.63) is 59.7 Å². The number of hydrogen-bond donors (Lipinski definition) is 2. The average Bonchev–Trinajstić information content (AvgIpc) is 2.98. The van der Waals surface area contributed by atoms with Gasteiger partial charge in [-0.2, -0.15) is 0 Å². The second kappa shape index (κ2) is 7.59. The summed E-state index contributed by atoms with van der Waals surface area (Å²) in [6.07, 6.45) is 2.12. The van der Waals surface area contributed by atoms with Crippen LogP contribution in [0.1, 0.15) is 50.2 Å². The van der Waals surface area contributed by atoms with Gasteiger partial charge in [-0.05, 0) is 53.4 Å². The quantitative estimate of drug-likeness (QED) is 0.809. The van der Waals surface area contributed by atoms with Crippen LogP contribution in [0.4, 0.5) is 4.79 Å². The van der Waals surface area contributed by atoms with E-state index in [1.165, 1.54) is 22.3 Å². The maximum absolute atomic E-state index is 12.3. The number of alkyl carbamates (subject to hydrolysis) is 1. The molecule has 1 saturated carbocycles. The molecule has 1 amide bonds. The van der Waals surface area contributed by atoms with Gasteiger partial charge in [0.2, 0.25) is 0 Å². The molecule has 0 bridgehead atoms. The van der Waals surface area contributed by atoms with Gasteiger partial charge in [0.1, 0.15) is 6.61 Å². The van der Waals surface area contributed by atoms with Crippen LogP contribution in [0.15, 0.2) is 48.5 Å². The van der Waals surface area contributed by atoms with Gasteiger partial charge in [0.05, 0.1) is 5.60 Å². The summed E-state index contributed by atoms with van der Waals surface area (Å²) in [6.45, 7) is 4.87. The van der Waals surface area contributed by atoms with Crippen molar-refractivity contribution in [3.8, 4) is 11.1 Å². The summed E-state index contributed by atoms with van der Waals surface area (Å²) in [5.74, 6) is 0.993. The summed E-state index contributed by atoms with van der Waals surface area (Å²) in [7, 11) is 0. The van der Waals surface area contributed by atoms with Gasteiger partial charge in [0, 0.05) is 12.5 Å². The zero-order valence-corrected chi connectivity index (χ0v) is 16.7. The summed E-state index contributed by atoms with van der Waals surface area (Å²) in [5.41, 5.74) is 4.00. The minimum atomic E-state index is -0.831. The van der Waals surface area contributed by atoms with Gasteiger partial charge in [-0.3, -0.25) is 0 Å². The summed E-state index contributed by atoms with van der Waals surface area (Å²) >= 11 is 0. The van der Waals surface area contributed by atoms with E-state index >= 15 is 0 Å². The number of aliphatic hydroxyl groups is 1. The van der Waals surface area contributed by atoms with Gasteiger partial charge in [-0.1, -0.05) is 62.4 Å². The van der Waals surface area contributed by atoms with Crippen molar-refractivity contribution in [2.75, 3.05) is 13.2 Å². The predicted molar refractivity (Wildman–Crippen MR) is 110 cm³/mol. The fraction of sp³-hybridized carbons (Fsp3) is 0.458. The lowest BCUT2D eigenvalue weighted by molar-refractivity contribution is -0.0294. The Bertz CT molecular complexity index is 807. The molecule has 4 heteroatoms. The minimum Gasteiger partial charge on any atom is -0.449 e. The Morgan fingerprint density at radius 1 is 1.04 bits per heavy atom. The molecule has 0 spiro atoms. The Kier molecular flexibility index (Phi) is 5.15. The first-order valence-electron chi connectivity index (χ1n) is 10.3. The predicted octanol–water partition coefficient (Wildman–Crippen LogP) is 4.71. The second-order valence-corrected chi connectivity index (χ2v) is 8.76. The number of fused-ring (bicyclic) bond motifs is 3. The van der Waals surface area contributed by atoms with Crippen LogP contribution < -0.4 is 5.32 Å². The van der Waals surface area contributed by atoms with E-state index in [9.17, 15) is 9.90 Å². The molecule has 2 aromatic carbocycles. The first-order chi connectivity index (χ1) is 13.5. The Morgan fingerprint density at radius 3 is 2.14 bits per heavy atom. The molecule has 2 N–H and O–H groups in total. The SMILES string of the molecule is CC1CC(C)CC(O)(CNC(=O)OCC2c3ccccc3-c3ccccc32)C1. The molecule has 4 nitrogen and oxygen atoms in total. The van der Waals surface area contributed by atoms with Crippen LogP contribution in [0.5, 0.6) is 0 Å². The number of carbonyl (C=O) groups excluding carboxylic acids is 1. The van der Waals surface area contributed by atoms with Crippen LogP contribution in [0, 0.1) is 11.8 Å². The summed E-state index contributed by atoms with van der Waals surface area (Å²) < 4.78 is 5.57. The van der Waals surface area contributed by atoms with Crippen molar-refractivity contribution >= 4 is 6.09 Å². The summed E-state index contributed by atoms with van der Waals surface area (Å²) in [4.78, 5) is 12.3. The normalized spacial score (nSPS) is 26.4. The lowest BCUT2D eigenvalue weighted by Crippen LogP contribution is -2.47. The van der Waals surface area contributed by atoms with E-state index in [2.05, 4.69) is 43.4 Å². The summed E-state index contributed by atoms with van der Waals surface area (Å²) in [6, 6.07) is 16.6. The standard InChI is InChI=1S/C24H29NO3/c1-16-11-17(2)13-24(27,12-16)15-25-23(26)28-14-22-20-9-5-3-7-18(20)19-8-4-6-10-21(19)22/h3-10,16-17,22,27H,11-15H2,1-2H3,(H,25,26). The fourth-order valence-corrected chi connectivity index (χ4v) is 5.26. The van der Waals surface area contributed by atoms with Gasteiger partial charge in [-0.25, -0.2) is 4.79 Å². The number of nitrogens with one attached hydrogen (secondary N) is 1. The maximum Gasteiger partial charge on any atom is 0.407 e. The average molecular weight is 380 g/mol. The second-order valence-electron chi connectivity index (χ2n) is 8.76. The van der Waals surface area contributed by atoms with Gasteiger partial charge in [0.25, 0.3) is 0 Å². The Morgan fingerprint density at radius 2 is 1.57 bits per heavy atom. The van der Waals surface area contributed by atoms with Gasteiger partial charge >= 0.3 is 6.09 Å². The lowest BCUT2D eigenvalue weighted by atomic mass is 9.74. The number of amides is 1. The number of hydrogen-bond acceptors (Lipinski definition) is 3. The van der Waals surface area contributed by atoms with Crippen molar-refractivity contribution in [1.29, 1.82) is 0 Å². The molecule has 0 aliphatic heterocycles. The van der Waals surface area contributed by atoms with E-state index in [1.807, 2.05) is 24.3 Å². The number of benzene rings is 2. The highest BCUT2D eigenvalue weighted by Crippen LogP contribution is 2.44. The molecule has 1 fully saturated rings. The molecule has 0 saturated heterocycles. The molecule has 2 aromatic rings. The molecule has 4 rings (SSSR count). The number of ether oxygens (including phenoxy) is 1. The van der Waals surface area contributed by atoms with Crippen LogP contribution in [0.2, 0.25) is 0 Å². The molecular formula is C24H29NO3. The zero-order chi connectivity index (χ0) is 19.7. The number of rotatable bonds is 4. The molecule has 2 aliphatic carbocycles. The highest BCUT2D eigenvalue weighted by atomic mass is 16.5. The number of carbonyl (C=O) groups is 1. The molecule has 148 valence electrons. The first-order valence-corrected chi connectivity index (χ1v) is 10.3. The molecular weight excluding hydrogens is 350 g/mol. The van der Waals surface area contributed by atoms with Crippen LogP contribution >= 0.6 is 0 Å². The van der Waals surface area contributed by atoms with E-state index in [-0.39, 0.29) is 12.5 Å². The Hall–Kier alpha value is -2.33. The van der Waals surface area contributed by atoms with Crippen molar-refractivity contribution in [1.82, 2.24) is 5.32 Å². The minimum absolute atomic E-state index is 0.0518. The smallest absolute Gasteiger partial charge is 0.407 e. The maximum atomic E-state index is 12.3. The van der Waals surface area contributed by atoms with E-state index in [1.54, 1.807) is 0 Å². The van der Waals surface area contributed by atoms with Crippen molar-refractivity contribution in [3.63, 3.8) is 0 Å². The molecule has 0 heterocycles. The van der Waals surface area contributed by atoms with Gasteiger partial charge in [-0.15, -0.1) is 0 Å². The Labute approximate surface area is 166 Å².